The number of para-hydroxylation sites is 1. The fraction of sp³-hybridized carbons (Fsp3) is 0.333. The molecule has 0 bridgehead atoms. The highest BCUT2D eigenvalue weighted by molar-refractivity contribution is 9.10. The first-order chi connectivity index (χ1) is 9.58. The molecular formula is C15H18BrN3O. The van der Waals surface area contributed by atoms with Crippen LogP contribution in [0.4, 0.5) is 5.82 Å². The molecule has 1 heterocycles. The standard InChI is InChI=1S/C15H18BrN3O/c1-9(2)13-12(16)15(17-3)19-14(18-13)10-7-5-6-8-11(10)20-4/h5-9H,1-4H3,(H,17,18,19). The Balaban J connectivity index is 2.65. The van der Waals surface area contributed by atoms with E-state index in [4.69, 9.17) is 4.74 Å². The van der Waals surface area contributed by atoms with E-state index in [2.05, 4.69) is 45.1 Å². The monoisotopic (exact) mass is 335 g/mol. The van der Waals surface area contributed by atoms with Gasteiger partial charge >= 0.3 is 0 Å². The molecule has 0 aliphatic rings. The summed E-state index contributed by atoms with van der Waals surface area (Å²) >= 11 is 3.57. The molecule has 0 unspecified atom stereocenters. The molecule has 0 saturated heterocycles. The summed E-state index contributed by atoms with van der Waals surface area (Å²) in [5.74, 6) is 2.52. The second-order valence-corrected chi connectivity index (χ2v) is 5.49. The molecule has 2 rings (SSSR count). The van der Waals surface area contributed by atoms with E-state index in [-0.39, 0.29) is 0 Å². The Morgan fingerprint density at radius 3 is 2.50 bits per heavy atom. The van der Waals surface area contributed by atoms with Crippen LogP contribution in [0.25, 0.3) is 11.4 Å². The summed E-state index contributed by atoms with van der Waals surface area (Å²) in [6, 6.07) is 7.77. The molecule has 0 spiro atoms. The van der Waals surface area contributed by atoms with Crippen LogP contribution in [0.15, 0.2) is 28.7 Å². The number of methoxy groups -OCH3 is 1. The third kappa shape index (κ3) is 2.77. The van der Waals surface area contributed by atoms with Gasteiger partial charge in [-0.05, 0) is 34.0 Å². The van der Waals surface area contributed by atoms with Crippen molar-refractivity contribution >= 4 is 21.7 Å². The quantitative estimate of drug-likeness (QED) is 0.914. The number of hydrogen-bond acceptors (Lipinski definition) is 4. The van der Waals surface area contributed by atoms with Crippen molar-refractivity contribution in [2.24, 2.45) is 0 Å². The second kappa shape index (κ2) is 6.22. The van der Waals surface area contributed by atoms with Gasteiger partial charge in [0.2, 0.25) is 0 Å². The third-order valence-electron chi connectivity index (χ3n) is 3.01. The molecule has 20 heavy (non-hydrogen) atoms. The third-order valence-corrected chi connectivity index (χ3v) is 3.79. The van der Waals surface area contributed by atoms with E-state index >= 15 is 0 Å². The van der Waals surface area contributed by atoms with Crippen LogP contribution >= 0.6 is 15.9 Å². The number of nitrogens with zero attached hydrogens (tertiary/aromatic N) is 2. The first-order valence-electron chi connectivity index (χ1n) is 6.47. The van der Waals surface area contributed by atoms with E-state index < -0.39 is 0 Å². The molecule has 0 fully saturated rings. The number of ether oxygens (including phenoxy) is 1. The van der Waals surface area contributed by atoms with Gasteiger partial charge in [0.1, 0.15) is 11.6 Å². The van der Waals surface area contributed by atoms with Gasteiger partial charge in [-0.3, -0.25) is 0 Å². The minimum Gasteiger partial charge on any atom is -0.496 e. The number of rotatable bonds is 4. The molecular weight excluding hydrogens is 318 g/mol. The summed E-state index contributed by atoms with van der Waals surface area (Å²) in [5, 5.41) is 3.10. The molecule has 4 nitrogen and oxygen atoms in total. The van der Waals surface area contributed by atoms with E-state index in [0.29, 0.717) is 11.7 Å². The predicted octanol–water partition coefficient (Wildman–Crippen LogP) is 4.08. The van der Waals surface area contributed by atoms with Crippen LogP contribution in [0.5, 0.6) is 5.75 Å². The molecule has 0 saturated carbocycles. The van der Waals surface area contributed by atoms with Crippen molar-refractivity contribution in [2.45, 2.75) is 19.8 Å². The van der Waals surface area contributed by atoms with Crippen molar-refractivity contribution in [3.05, 3.63) is 34.4 Å². The number of nitrogens with one attached hydrogen (secondary N) is 1. The fourth-order valence-corrected chi connectivity index (χ4v) is 2.80. The van der Waals surface area contributed by atoms with Crippen molar-refractivity contribution in [2.75, 3.05) is 19.5 Å². The number of benzene rings is 1. The number of hydrogen-bond donors (Lipinski definition) is 1. The maximum Gasteiger partial charge on any atom is 0.165 e. The zero-order valence-electron chi connectivity index (χ0n) is 12.1. The zero-order valence-corrected chi connectivity index (χ0v) is 13.7. The van der Waals surface area contributed by atoms with Crippen LogP contribution < -0.4 is 10.1 Å². The number of halogens is 1. The van der Waals surface area contributed by atoms with Gasteiger partial charge in [0.25, 0.3) is 0 Å². The normalized spacial score (nSPS) is 10.7. The van der Waals surface area contributed by atoms with Crippen LogP contribution in [-0.2, 0) is 0 Å². The average Bonchev–Trinajstić information content (AvgIpc) is 2.47. The van der Waals surface area contributed by atoms with Crippen LogP contribution in [-0.4, -0.2) is 24.1 Å². The maximum atomic E-state index is 5.39. The van der Waals surface area contributed by atoms with Gasteiger partial charge < -0.3 is 10.1 Å². The summed E-state index contributed by atoms with van der Waals surface area (Å²) in [4.78, 5) is 9.24. The molecule has 0 aliphatic carbocycles. The zero-order chi connectivity index (χ0) is 14.7. The Bertz CT molecular complexity index is 614. The Kier molecular flexibility index (Phi) is 4.60. The van der Waals surface area contributed by atoms with Gasteiger partial charge in [0.15, 0.2) is 5.82 Å². The van der Waals surface area contributed by atoms with Gasteiger partial charge in [-0.1, -0.05) is 26.0 Å². The van der Waals surface area contributed by atoms with Crippen molar-refractivity contribution in [1.29, 1.82) is 0 Å². The van der Waals surface area contributed by atoms with E-state index in [0.717, 1.165) is 27.3 Å². The lowest BCUT2D eigenvalue weighted by atomic mass is 10.1. The summed E-state index contributed by atoms with van der Waals surface area (Å²) in [5.41, 5.74) is 1.87. The molecule has 1 N–H and O–H groups in total. The van der Waals surface area contributed by atoms with Crippen LogP contribution in [0.1, 0.15) is 25.5 Å². The molecule has 0 aliphatic heterocycles. The van der Waals surface area contributed by atoms with Crippen molar-refractivity contribution in [3.63, 3.8) is 0 Å². The number of aromatic nitrogens is 2. The molecule has 2 aromatic rings. The molecule has 0 radical (unpaired) electrons. The largest absolute Gasteiger partial charge is 0.496 e. The Hall–Kier alpha value is -1.62. The van der Waals surface area contributed by atoms with Gasteiger partial charge in [0, 0.05) is 7.05 Å². The minimum absolute atomic E-state index is 0.299. The number of anilines is 1. The average molecular weight is 336 g/mol. The topological polar surface area (TPSA) is 47.0 Å². The first kappa shape index (κ1) is 14.8. The molecule has 1 aromatic heterocycles. The summed E-state index contributed by atoms with van der Waals surface area (Å²) in [6.07, 6.45) is 0. The van der Waals surface area contributed by atoms with Crippen LogP contribution in [0.3, 0.4) is 0 Å². The van der Waals surface area contributed by atoms with Gasteiger partial charge in [-0.15, -0.1) is 0 Å². The fourth-order valence-electron chi connectivity index (χ4n) is 1.96. The molecule has 5 heteroatoms. The second-order valence-electron chi connectivity index (χ2n) is 4.70. The highest BCUT2D eigenvalue weighted by Crippen LogP contribution is 2.33. The lowest BCUT2D eigenvalue weighted by Gasteiger charge is -2.14. The Morgan fingerprint density at radius 1 is 1.20 bits per heavy atom. The highest BCUT2D eigenvalue weighted by atomic mass is 79.9. The van der Waals surface area contributed by atoms with E-state index in [1.54, 1.807) is 7.11 Å². The lowest BCUT2D eigenvalue weighted by molar-refractivity contribution is 0.416. The SMILES string of the molecule is CNc1nc(-c2ccccc2OC)nc(C(C)C)c1Br. The van der Waals surface area contributed by atoms with E-state index in [1.165, 1.54) is 0 Å². The van der Waals surface area contributed by atoms with Crippen molar-refractivity contribution in [3.8, 4) is 17.1 Å². The highest BCUT2D eigenvalue weighted by Gasteiger charge is 2.17. The smallest absolute Gasteiger partial charge is 0.165 e. The Morgan fingerprint density at radius 2 is 1.90 bits per heavy atom. The van der Waals surface area contributed by atoms with Gasteiger partial charge in [-0.2, -0.15) is 0 Å². The van der Waals surface area contributed by atoms with Gasteiger partial charge in [0.05, 0.1) is 22.8 Å². The van der Waals surface area contributed by atoms with Gasteiger partial charge in [-0.25, -0.2) is 9.97 Å². The molecule has 106 valence electrons. The van der Waals surface area contributed by atoms with E-state index in [9.17, 15) is 0 Å². The summed E-state index contributed by atoms with van der Waals surface area (Å²) in [6.45, 7) is 4.22. The van der Waals surface area contributed by atoms with Crippen LogP contribution in [0, 0.1) is 0 Å². The molecule has 0 amide bonds. The molecule has 0 atom stereocenters. The maximum absolute atomic E-state index is 5.39. The predicted molar refractivity (Wildman–Crippen MR) is 85.4 cm³/mol. The van der Waals surface area contributed by atoms with Crippen LogP contribution in [0.2, 0.25) is 0 Å². The minimum atomic E-state index is 0.299. The molecule has 1 aromatic carbocycles. The summed E-state index contributed by atoms with van der Waals surface area (Å²) < 4.78 is 6.30. The van der Waals surface area contributed by atoms with Crippen molar-refractivity contribution in [1.82, 2.24) is 9.97 Å². The Labute approximate surface area is 127 Å². The summed E-state index contributed by atoms with van der Waals surface area (Å²) in [7, 11) is 3.50. The lowest BCUT2D eigenvalue weighted by Crippen LogP contribution is -2.05. The van der Waals surface area contributed by atoms with E-state index in [1.807, 2.05) is 31.3 Å². The van der Waals surface area contributed by atoms with Crippen molar-refractivity contribution < 1.29 is 4.74 Å². The first-order valence-corrected chi connectivity index (χ1v) is 7.26.